The predicted octanol–water partition coefficient (Wildman–Crippen LogP) is 6.21. The Bertz CT molecular complexity index is 1110. The molecule has 0 spiro atoms. The normalized spacial score (nSPS) is 12.0. The molecule has 0 saturated heterocycles. The lowest BCUT2D eigenvalue weighted by Crippen LogP contribution is -1.90. The molecule has 24 heavy (non-hydrogen) atoms. The molecule has 0 aliphatic heterocycles. The third kappa shape index (κ3) is 2.22. The highest BCUT2D eigenvalue weighted by molar-refractivity contribution is 7.50. The van der Waals surface area contributed by atoms with Gasteiger partial charge < -0.3 is 0 Å². The van der Waals surface area contributed by atoms with Gasteiger partial charge >= 0.3 is 0 Å². The highest BCUT2D eigenvalue weighted by atomic mass is 32.2. The van der Waals surface area contributed by atoms with Gasteiger partial charge in [-0.15, -0.1) is 0 Å². The Morgan fingerprint density at radius 3 is 2.42 bits per heavy atom. The molecule has 3 aromatic carbocycles. The molecule has 1 heterocycles. The molecule has 0 amide bonds. The maximum Gasteiger partial charge on any atom is 0.218 e. The average molecular weight is 339 g/mol. The summed E-state index contributed by atoms with van der Waals surface area (Å²) < 4.78 is 30.0. The first-order valence-corrected chi connectivity index (χ1v) is 8.72. The van der Waals surface area contributed by atoms with Gasteiger partial charge in [-0.05, 0) is 49.4 Å². The van der Waals surface area contributed by atoms with Crippen molar-refractivity contribution in [2.45, 2.75) is 6.92 Å². The summed E-state index contributed by atoms with van der Waals surface area (Å²) >= 11 is 0. The number of Topliss-reactive ketones (excluding diaryl/α,β-unsaturated/α-hetero) is 1. The van der Waals surface area contributed by atoms with E-state index in [1.807, 2.05) is 36.4 Å². The molecule has 0 saturated carbocycles. The van der Waals surface area contributed by atoms with E-state index in [1.165, 1.54) is 19.1 Å². The van der Waals surface area contributed by atoms with Crippen LogP contribution in [0.25, 0.3) is 25.1 Å². The minimum Gasteiger partial charge on any atom is -0.295 e. The maximum atomic E-state index is 14.4. The van der Waals surface area contributed by atoms with Crippen molar-refractivity contribution in [1.29, 1.82) is 0 Å². The number of carbonyl (C=O) groups is 1. The lowest BCUT2D eigenvalue weighted by molar-refractivity contribution is 0.101. The van der Waals surface area contributed by atoms with Crippen LogP contribution in [0.3, 0.4) is 0 Å². The molecule has 1 aromatic heterocycles. The molecule has 0 N–H and O–H groups in total. The number of benzene rings is 3. The topological polar surface area (TPSA) is 17.1 Å². The first kappa shape index (κ1) is 15.0. The number of fused-ring (bicyclic) bond motifs is 3. The van der Waals surface area contributed by atoms with Crippen LogP contribution in [0.15, 0.2) is 60.7 Å². The maximum absolute atomic E-state index is 14.4. The molecule has 1 unspecified atom stereocenters. The van der Waals surface area contributed by atoms with Crippen molar-refractivity contribution in [3.8, 4) is 4.90 Å². The monoisotopic (exact) mass is 339 g/mol. The van der Waals surface area contributed by atoms with E-state index in [2.05, 4.69) is 0 Å². The summed E-state index contributed by atoms with van der Waals surface area (Å²) in [5, 5.41) is 1.90. The Balaban J connectivity index is 2.18. The number of thiophene rings is 1. The van der Waals surface area contributed by atoms with E-state index >= 15 is 0 Å². The van der Waals surface area contributed by atoms with Crippen LogP contribution in [0.2, 0.25) is 0 Å². The van der Waals surface area contributed by atoms with Crippen LogP contribution in [0.1, 0.15) is 17.3 Å². The number of rotatable bonds is 2. The quantitative estimate of drug-likeness (QED) is 0.313. The van der Waals surface area contributed by atoms with Gasteiger partial charge in [-0.3, -0.25) is 4.79 Å². The fourth-order valence-corrected chi connectivity index (χ4v) is 5.40. The van der Waals surface area contributed by atoms with Gasteiger partial charge in [0.1, 0.15) is 5.82 Å². The molecular formula is C20H13F2OS+. The van der Waals surface area contributed by atoms with Gasteiger partial charge in [0, 0.05) is 32.9 Å². The summed E-state index contributed by atoms with van der Waals surface area (Å²) in [7, 11) is -0.710. The van der Waals surface area contributed by atoms with E-state index < -0.39 is 22.1 Å². The van der Waals surface area contributed by atoms with Crippen LogP contribution >= 0.6 is 10.5 Å². The fraction of sp³-hybridized carbons (Fsp3) is 0.0500. The molecule has 0 aliphatic carbocycles. The van der Waals surface area contributed by atoms with Crippen LogP contribution in [-0.4, -0.2) is 5.78 Å². The van der Waals surface area contributed by atoms with E-state index in [0.717, 1.165) is 26.2 Å². The Kier molecular flexibility index (Phi) is 3.43. The summed E-state index contributed by atoms with van der Waals surface area (Å²) in [6, 6.07) is 16.7. The average Bonchev–Trinajstić information content (AvgIpc) is 2.91. The van der Waals surface area contributed by atoms with Crippen molar-refractivity contribution < 1.29 is 13.6 Å². The Labute approximate surface area is 140 Å². The van der Waals surface area contributed by atoms with Gasteiger partial charge in [0.15, 0.2) is 21.0 Å². The second-order valence-electron chi connectivity index (χ2n) is 5.64. The van der Waals surface area contributed by atoms with Gasteiger partial charge in [-0.25, -0.2) is 8.78 Å². The van der Waals surface area contributed by atoms with Crippen molar-refractivity contribution >= 4 is 36.4 Å². The first-order chi connectivity index (χ1) is 11.6. The molecule has 4 aromatic rings. The first-order valence-electron chi connectivity index (χ1n) is 7.50. The van der Waals surface area contributed by atoms with Crippen LogP contribution in [0, 0.1) is 11.6 Å². The molecule has 118 valence electrons. The van der Waals surface area contributed by atoms with Crippen molar-refractivity contribution in [1.82, 2.24) is 0 Å². The molecule has 4 rings (SSSR count). The molecule has 1 nitrogen and oxygen atoms in total. The number of carbonyl (C=O) groups excluding carboxylic acids is 1. The fourth-order valence-electron chi connectivity index (χ4n) is 2.99. The van der Waals surface area contributed by atoms with E-state index in [-0.39, 0.29) is 5.78 Å². The zero-order valence-corrected chi connectivity index (χ0v) is 13.7. The number of halogens is 2. The molecule has 1 atom stereocenters. The van der Waals surface area contributed by atoms with E-state index in [0.29, 0.717) is 10.5 Å². The van der Waals surface area contributed by atoms with Crippen LogP contribution in [0.5, 0.6) is 0 Å². The molecular weight excluding hydrogens is 326 g/mol. The zero-order valence-electron chi connectivity index (χ0n) is 12.8. The third-order valence-electron chi connectivity index (χ3n) is 4.12. The molecule has 0 radical (unpaired) electrons. The SMILES string of the molecule is CC(=O)c1ccc2c(c1)c1ccccc1[s+]2-c1cc(F)ccc1F. The Morgan fingerprint density at radius 1 is 0.875 bits per heavy atom. The van der Waals surface area contributed by atoms with Gasteiger partial charge in [-0.1, -0.05) is 12.1 Å². The van der Waals surface area contributed by atoms with Crippen LogP contribution in [-0.2, 0) is 0 Å². The number of hydrogen-bond donors (Lipinski definition) is 0. The predicted molar refractivity (Wildman–Crippen MR) is 95.2 cm³/mol. The minimum atomic E-state index is -0.710. The highest BCUT2D eigenvalue weighted by Gasteiger charge is 2.27. The molecule has 4 heteroatoms. The van der Waals surface area contributed by atoms with Gasteiger partial charge in [0.25, 0.3) is 0 Å². The van der Waals surface area contributed by atoms with E-state index in [1.54, 1.807) is 6.07 Å². The number of hydrogen-bond acceptors (Lipinski definition) is 1. The van der Waals surface area contributed by atoms with Gasteiger partial charge in [0.05, 0.1) is 0 Å². The summed E-state index contributed by atoms with van der Waals surface area (Å²) in [6.45, 7) is 1.52. The molecule has 0 fully saturated rings. The van der Waals surface area contributed by atoms with Crippen molar-refractivity contribution in [2.24, 2.45) is 0 Å². The van der Waals surface area contributed by atoms with Crippen LogP contribution < -0.4 is 0 Å². The summed E-state index contributed by atoms with van der Waals surface area (Å²) in [6.07, 6.45) is 0. The second kappa shape index (κ2) is 5.49. The number of ketones is 1. The summed E-state index contributed by atoms with van der Waals surface area (Å²) in [5.74, 6) is -0.887. The van der Waals surface area contributed by atoms with Gasteiger partial charge in [0.2, 0.25) is 4.90 Å². The second-order valence-corrected chi connectivity index (χ2v) is 7.58. The molecule has 0 bridgehead atoms. The minimum absolute atomic E-state index is 0.0148. The Morgan fingerprint density at radius 2 is 1.62 bits per heavy atom. The largest absolute Gasteiger partial charge is 0.295 e. The van der Waals surface area contributed by atoms with Gasteiger partial charge in [-0.2, -0.15) is 0 Å². The van der Waals surface area contributed by atoms with Crippen LogP contribution in [0.4, 0.5) is 8.78 Å². The van der Waals surface area contributed by atoms with E-state index in [4.69, 9.17) is 0 Å². The lowest BCUT2D eigenvalue weighted by atomic mass is 10.1. The smallest absolute Gasteiger partial charge is 0.218 e. The van der Waals surface area contributed by atoms with Crippen molar-refractivity contribution in [2.75, 3.05) is 0 Å². The lowest BCUT2D eigenvalue weighted by Gasteiger charge is -1.97. The van der Waals surface area contributed by atoms with E-state index in [9.17, 15) is 13.6 Å². The highest BCUT2D eigenvalue weighted by Crippen LogP contribution is 2.49. The van der Waals surface area contributed by atoms with Crippen molar-refractivity contribution in [3.05, 3.63) is 77.9 Å². The zero-order chi connectivity index (χ0) is 16.8. The van der Waals surface area contributed by atoms with Crippen molar-refractivity contribution in [3.63, 3.8) is 0 Å². The summed E-state index contributed by atoms with van der Waals surface area (Å²) in [5.41, 5.74) is 0.619. The third-order valence-corrected chi connectivity index (χ3v) is 6.46. The molecule has 0 aliphatic rings. The Hall–Kier alpha value is -2.59. The summed E-state index contributed by atoms with van der Waals surface area (Å²) in [4.78, 5) is 12.0. The standard InChI is InChI=1S/C20H13F2OS/c1-12(23)13-6-9-19-16(10-13)15-4-2-3-5-18(15)24(19)20-11-14(21)7-8-17(20)22/h2-11H,1H3/q+1.